The van der Waals surface area contributed by atoms with Crippen LogP contribution in [0.3, 0.4) is 0 Å². The summed E-state index contributed by atoms with van der Waals surface area (Å²) < 4.78 is 0. The van der Waals surface area contributed by atoms with Gasteiger partial charge in [-0.3, -0.25) is 14.5 Å². The van der Waals surface area contributed by atoms with Crippen molar-refractivity contribution < 1.29 is 19.8 Å². The molecule has 3 heterocycles. The van der Waals surface area contributed by atoms with Crippen LogP contribution in [0.4, 0.5) is 17.1 Å². The smallest absolute Gasteiger partial charge is 0.264 e. The molecule has 8 heteroatoms. The van der Waals surface area contributed by atoms with Gasteiger partial charge >= 0.3 is 0 Å². The van der Waals surface area contributed by atoms with Gasteiger partial charge in [0.25, 0.3) is 11.8 Å². The first-order valence-electron chi connectivity index (χ1n) is 14.8. The molecule has 0 aliphatic carbocycles. The quantitative estimate of drug-likeness (QED) is 0.358. The number of hydrogen-bond acceptors (Lipinski definition) is 6. The predicted octanol–water partition coefficient (Wildman–Crippen LogP) is 3.93. The predicted molar refractivity (Wildman–Crippen MR) is 164 cm³/mol. The average Bonchev–Trinajstić information content (AvgIpc) is 3.42. The lowest BCUT2D eigenvalue weighted by molar-refractivity contribution is -0.139. The van der Waals surface area contributed by atoms with Crippen molar-refractivity contribution in [2.24, 2.45) is 5.92 Å². The number of carbonyl (C=O) groups excluding carboxylic acids is 2. The third-order valence-corrected chi connectivity index (χ3v) is 9.06. The molecular weight excluding hydrogens is 528 g/mol. The summed E-state index contributed by atoms with van der Waals surface area (Å²) in [6.45, 7) is 4.12. The van der Waals surface area contributed by atoms with Crippen molar-refractivity contribution >= 4 is 28.9 Å². The Hall–Kier alpha value is -3.98. The molecule has 0 unspecified atom stereocenters. The SMILES string of the molecule is C[C@@H](/C=C/CCO)[C@]1(O)C(=O)N(Cc2cccc(N3CN(c4ccccc4)C4(CCNCC4)C3=O)c2)c2ccccc21. The molecule has 42 heavy (non-hydrogen) atoms. The molecule has 1 spiro atoms. The Morgan fingerprint density at radius 3 is 2.40 bits per heavy atom. The van der Waals surface area contributed by atoms with E-state index in [1.54, 1.807) is 23.1 Å². The van der Waals surface area contributed by atoms with Gasteiger partial charge in [-0.05, 0) is 68.2 Å². The lowest BCUT2D eigenvalue weighted by atomic mass is 9.83. The van der Waals surface area contributed by atoms with Crippen molar-refractivity contribution in [1.29, 1.82) is 0 Å². The van der Waals surface area contributed by atoms with Gasteiger partial charge in [-0.25, -0.2) is 0 Å². The lowest BCUT2D eigenvalue weighted by Gasteiger charge is -2.39. The summed E-state index contributed by atoms with van der Waals surface area (Å²) in [6.07, 6.45) is 5.52. The molecule has 2 atom stereocenters. The normalized spacial score (nSPS) is 22.4. The third-order valence-electron chi connectivity index (χ3n) is 9.06. The number of para-hydroxylation sites is 2. The van der Waals surface area contributed by atoms with E-state index in [0.29, 0.717) is 24.3 Å². The Bertz CT molecular complexity index is 1490. The van der Waals surface area contributed by atoms with Gasteiger partial charge in [-0.2, -0.15) is 0 Å². The number of carbonyl (C=O) groups is 2. The van der Waals surface area contributed by atoms with Crippen molar-refractivity contribution in [2.45, 2.75) is 43.9 Å². The second kappa shape index (κ2) is 11.4. The third kappa shape index (κ3) is 4.60. The second-order valence-electron chi connectivity index (χ2n) is 11.5. The molecule has 6 rings (SSSR count). The Labute approximate surface area is 246 Å². The maximum atomic E-state index is 14.1. The molecule has 2 amide bonds. The first-order valence-corrected chi connectivity index (χ1v) is 14.8. The van der Waals surface area contributed by atoms with E-state index in [-0.39, 0.29) is 25.0 Å². The number of nitrogens with zero attached hydrogens (tertiary/aromatic N) is 3. The minimum absolute atomic E-state index is 0.00921. The van der Waals surface area contributed by atoms with Gasteiger partial charge in [0.15, 0.2) is 5.60 Å². The zero-order chi connectivity index (χ0) is 29.3. The molecule has 3 aromatic carbocycles. The van der Waals surface area contributed by atoms with Crippen LogP contribution >= 0.6 is 0 Å². The van der Waals surface area contributed by atoms with E-state index in [2.05, 4.69) is 22.3 Å². The number of aliphatic hydroxyl groups excluding tert-OH is 1. The number of aliphatic hydroxyl groups is 2. The van der Waals surface area contributed by atoms with Crippen LogP contribution in [0.15, 0.2) is 91.0 Å². The van der Waals surface area contributed by atoms with Crippen LogP contribution < -0.4 is 20.0 Å². The number of benzene rings is 3. The van der Waals surface area contributed by atoms with Crippen molar-refractivity contribution in [3.63, 3.8) is 0 Å². The van der Waals surface area contributed by atoms with E-state index in [9.17, 15) is 14.7 Å². The van der Waals surface area contributed by atoms with Gasteiger partial charge in [0.2, 0.25) is 0 Å². The summed E-state index contributed by atoms with van der Waals surface area (Å²) in [7, 11) is 0. The maximum absolute atomic E-state index is 14.1. The van der Waals surface area contributed by atoms with Crippen LogP contribution in [0.5, 0.6) is 0 Å². The average molecular weight is 567 g/mol. The summed E-state index contributed by atoms with van der Waals surface area (Å²) >= 11 is 0. The minimum Gasteiger partial charge on any atom is -0.396 e. The highest BCUT2D eigenvalue weighted by atomic mass is 16.3. The fourth-order valence-electron chi connectivity index (χ4n) is 6.75. The first kappa shape index (κ1) is 28.2. The number of rotatable bonds is 8. The zero-order valence-electron chi connectivity index (χ0n) is 23.9. The number of amides is 2. The highest BCUT2D eigenvalue weighted by molar-refractivity contribution is 6.08. The Morgan fingerprint density at radius 1 is 0.929 bits per heavy atom. The van der Waals surface area contributed by atoms with Crippen molar-refractivity contribution in [3.8, 4) is 0 Å². The number of nitrogens with one attached hydrogen (secondary N) is 1. The van der Waals surface area contributed by atoms with Crippen LogP contribution in [0, 0.1) is 5.92 Å². The van der Waals surface area contributed by atoms with Gasteiger partial charge in [0, 0.05) is 29.5 Å². The molecule has 0 saturated carbocycles. The standard InChI is InChI=1S/C34H38N4O4/c1-25(10-7-8-21-39)34(42)29-15-5-6-16-30(29)36(32(34)41)23-26-11-9-14-28(22-26)37-24-38(27-12-3-2-4-13-27)33(31(37)40)17-19-35-20-18-33/h2-7,9-16,22,25,35,39,42H,8,17-21,23-24H2,1H3/b10-7+/t25-,34+/m0/s1. The minimum atomic E-state index is -1.71. The van der Waals surface area contributed by atoms with Crippen molar-refractivity contribution in [3.05, 3.63) is 102 Å². The summed E-state index contributed by atoms with van der Waals surface area (Å²) in [5.41, 5.74) is 1.66. The van der Waals surface area contributed by atoms with E-state index in [1.165, 1.54) is 0 Å². The highest BCUT2D eigenvalue weighted by Gasteiger charge is 2.54. The number of hydrogen-bond donors (Lipinski definition) is 3. The van der Waals surface area contributed by atoms with Gasteiger partial charge in [0.1, 0.15) is 5.54 Å². The number of fused-ring (bicyclic) bond motifs is 1. The molecule has 2 fully saturated rings. The largest absolute Gasteiger partial charge is 0.396 e. The van der Waals surface area contributed by atoms with Crippen LogP contribution in [0.1, 0.15) is 37.3 Å². The van der Waals surface area contributed by atoms with E-state index in [0.717, 1.165) is 42.9 Å². The molecular formula is C34H38N4O4. The number of anilines is 3. The van der Waals surface area contributed by atoms with E-state index in [4.69, 9.17) is 5.11 Å². The number of piperidine rings is 1. The fourth-order valence-corrected chi connectivity index (χ4v) is 6.75. The van der Waals surface area contributed by atoms with Crippen LogP contribution in [-0.4, -0.2) is 53.9 Å². The van der Waals surface area contributed by atoms with E-state index >= 15 is 0 Å². The van der Waals surface area contributed by atoms with Crippen molar-refractivity contribution in [2.75, 3.05) is 41.1 Å². The van der Waals surface area contributed by atoms with Gasteiger partial charge < -0.3 is 25.3 Å². The molecule has 3 aliphatic rings. The summed E-state index contributed by atoms with van der Waals surface area (Å²) in [4.78, 5) is 33.8. The van der Waals surface area contributed by atoms with Crippen LogP contribution in [0.25, 0.3) is 0 Å². The van der Waals surface area contributed by atoms with Crippen molar-refractivity contribution in [1.82, 2.24) is 5.32 Å². The Kier molecular flexibility index (Phi) is 7.62. The van der Waals surface area contributed by atoms with E-state index in [1.807, 2.05) is 72.5 Å². The lowest BCUT2D eigenvalue weighted by Crippen LogP contribution is -2.55. The molecule has 0 bridgehead atoms. The molecule has 3 aliphatic heterocycles. The van der Waals surface area contributed by atoms with Gasteiger partial charge in [0.05, 0.1) is 18.9 Å². The summed E-state index contributed by atoms with van der Waals surface area (Å²) in [6, 6.07) is 25.3. The summed E-state index contributed by atoms with van der Waals surface area (Å²) in [5, 5.41) is 24.4. The molecule has 0 aromatic heterocycles. The maximum Gasteiger partial charge on any atom is 0.264 e. The second-order valence-corrected chi connectivity index (χ2v) is 11.5. The molecule has 3 aromatic rings. The van der Waals surface area contributed by atoms with Crippen LogP contribution in [-0.2, 0) is 21.7 Å². The van der Waals surface area contributed by atoms with Gasteiger partial charge in [-0.15, -0.1) is 0 Å². The van der Waals surface area contributed by atoms with Gasteiger partial charge in [-0.1, -0.05) is 67.6 Å². The summed E-state index contributed by atoms with van der Waals surface area (Å²) in [5.74, 6) is -0.761. The Morgan fingerprint density at radius 2 is 1.64 bits per heavy atom. The molecule has 3 N–H and O–H groups in total. The first-order chi connectivity index (χ1) is 20.4. The zero-order valence-corrected chi connectivity index (χ0v) is 23.9. The monoisotopic (exact) mass is 566 g/mol. The molecule has 0 radical (unpaired) electrons. The fraction of sp³-hybridized carbons (Fsp3) is 0.353. The van der Waals surface area contributed by atoms with E-state index < -0.39 is 17.1 Å². The Balaban J connectivity index is 1.30. The molecule has 2 saturated heterocycles. The van der Waals surface area contributed by atoms with Crippen LogP contribution in [0.2, 0.25) is 0 Å². The highest BCUT2D eigenvalue weighted by Crippen LogP contribution is 2.46. The topological polar surface area (TPSA) is 96.3 Å². The molecule has 218 valence electrons. The molecule has 8 nitrogen and oxygen atoms in total.